The zero-order chi connectivity index (χ0) is 23.3. The average molecular weight is 449 g/mol. The molecule has 166 valence electrons. The number of non-ortho nitro benzene ring substituents is 1. The van der Waals surface area contributed by atoms with Crippen molar-refractivity contribution in [2.45, 2.75) is 26.3 Å². The van der Waals surface area contributed by atoms with Crippen LogP contribution in [0.5, 0.6) is 0 Å². The minimum absolute atomic E-state index is 0.0553. The lowest BCUT2D eigenvalue weighted by molar-refractivity contribution is -0.384. The summed E-state index contributed by atoms with van der Waals surface area (Å²) in [4.78, 5) is 35.0. The van der Waals surface area contributed by atoms with E-state index in [1.807, 2.05) is 0 Å². The number of anilines is 2. The van der Waals surface area contributed by atoms with Crippen molar-refractivity contribution < 1.29 is 27.7 Å². The van der Waals surface area contributed by atoms with Crippen LogP contribution in [0.3, 0.4) is 0 Å². The van der Waals surface area contributed by atoms with Crippen molar-refractivity contribution in [3.8, 4) is 0 Å². The first-order valence-electron chi connectivity index (χ1n) is 9.23. The smallest absolute Gasteiger partial charge is 0.337 e. The third-order valence-corrected chi connectivity index (χ3v) is 5.71. The lowest BCUT2D eigenvalue weighted by Gasteiger charge is -2.31. The molecule has 1 N–H and O–H groups in total. The molecule has 0 saturated carbocycles. The second-order valence-electron chi connectivity index (χ2n) is 6.77. The number of methoxy groups -OCH3 is 1. The number of hydrogen-bond donors (Lipinski definition) is 1. The van der Waals surface area contributed by atoms with E-state index < -0.39 is 32.9 Å². The monoisotopic (exact) mass is 449 g/mol. The molecule has 0 heterocycles. The molecule has 0 bridgehead atoms. The van der Waals surface area contributed by atoms with Crippen LogP contribution in [0.2, 0.25) is 0 Å². The summed E-state index contributed by atoms with van der Waals surface area (Å²) in [5, 5.41) is 13.8. The standard InChI is InChI=1S/C20H23N3O7S/c1-5-17(19(24)21-15-9-7-14(8-10-15)20(25)30-3)22(31(4,28)29)18-12-16(23(26)27)11-6-13(18)2/h6-12,17H,5H2,1-4H3,(H,21,24)/t17-/m0/s1. The van der Waals surface area contributed by atoms with Gasteiger partial charge in [-0.3, -0.25) is 19.2 Å². The van der Waals surface area contributed by atoms with E-state index >= 15 is 0 Å². The van der Waals surface area contributed by atoms with Crippen LogP contribution < -0.4 is 9.62 Å². The summed E-state index contributed by atoms with van der Waals surface area (Å²) >= 11 is 0. The van der Waals surface area contributed by atoms with E-state index in [0.29, 0.717) is 11.3 Å². The van der Waals surface area contributed by atoms with E-state index in [1.165, 1.54) is 43.5 Å². The fourth-order valence-electron chi connectivity index (χ4n) is 3.02. The minimum Gasteiger partial charge on any atom is -0.465 e. The Morgan fingerprint density at radius 1 is 1.19 bits per heavy atom. The molecule has 0 unspecified atom stereocenters. The van der Waals surface area contributed by atoms with Gasteiger partial charge in [-0.15, -0.1) is 0 Å². The SMILES string of the molecule is CC[C@@H](C(=O)Nc1ccc(C(=O)OC)cc1)N(c1cc([N+](=O)[O-])ccc1C)S(C)(=O)=O. The number of rotatable bonds is 8. The molecule has 1 amide bonds. The van der Waals surface area contributed by atoms with E-state index in [0.717, 1.165) is 16.6 Å². The van der Waals surface area contributed by atoms with Crippen LogP contribution in [0.25, 0.3) is 0 Å². The summed E-state index contributed by atoms with van der Waals surface area (Å²) in [6, 6.07) is 8.57. The summed E-state index contributed by atoms with van der Waals surface area (Å²) < 4.78 is 30.7. The predicted octanol–water partition coefficient (Wildman–Crippen LogP) is 2.87. The molecular weight excluding hydrogens is 426 g/mol. The third-order valence-electron chi connectivity index (χ3n) is 4.54. The van der Waals surface area contributed by atoms with Gasteiger partial charge in [0, 0.05) is 17.8 Å². The van der Waals surface area contributed by atoms with Gasteiger partial charge in [0.1, 0.15) is 6.04 Å². The number of nitro benzene ring substituents is 1. The first kappa shape index (κ1) is 23.8. The van der Waals surface area contributed by atoms with Crippen molar-refractivity contribution >= 4 is 39.0 Å². The van der Waals surface area contributed by atoms with Gasteiger partial charge in [0.05, 0.1) is 29.5 Å². The predicted molar refractivity (Wildman–Crippen MR) is 116 cm³/mol. The van der Waals surface area contributed by atoms with Crippen molar-refractivity contribution in [3.05, 3.63) is 63.7 Å². The quantitative estimate of drug-likeness (QED) is 0.372. The number of benzene rings is 2. The Balaban J connectivity index is 2.42. The molecule has 0 saturated heterocycles. The molecule has 2 aromatic carbocycles. The molecule has 2 aromatic rings. The van der Waals surface area contributed by atoms with Gasteiger partial charge in [0.15, 0.2) is 0 Å². The van der Waals surface area contributed by atoms with Crippen LogP contribution in [0.1, 0.15) is 29.3 Å². The summed E-state index contributed by atoms with van der Waals surface area (Å²) in [5.74, 6) is -1.15. The largest absolute Gasteiger partial charge is 0.465 e. The summed E-state index contributed by atoms with van der Waals surface area (Å²) in [7, 11) is -2.71. The molecule has 0 aliphatic heterocycles. The Labute approximate surface area is 180 Å². The van der Waals surface area contributed by atoms with Crippen LogP contribution in [-0.2, 0) is 19.6 Å². The number of carbonyl (C=O) groups is 2. The fourth-order valence-corrected chi connectivity index (χ4v) is 4.28. The molecule has 11 heteroatoms. The Kier molecular flexibility index (Phi) is 7.34. The molecule has 0 aromatic heterocycles. The number of nitro groups is 1. The van der Waals surface area contributed by atoms with E-state index in [4.69, 9.17) is 0 Å². The lowest BCUT2D eigenvalue weighted by atomic mass is 10.1. The number of hydrogen-bond acceptors (Lipinski definition) is 7. The van der Waals surface area contributed by atoms with Crippen LogP contribution in [0.4, 0.5) is 17.1 Å². The van der Waals surface area contributed by atoms with Crippen LogP contribution >= 0.6 is 0 Å². The topological polar surface area (TPSA) is 136 Å². The number of esters is 1. The Bertz CT molecular complexity index is 1100. The fraction of sp³-hybridized carbons (Fsp3) is 0.300. The maximum atomic E-state index is 13.0. The Morgan fingerprint density at radius 2 is 1.81 bits per heavy atom. The zero-order valence-electron chi connectivity index (χ0n) is 17.5. The molecule has 0 fully saturated rings. The van der Waals surface area contributed by atoms with Gasteiger partial charge < -0.3 is 10.1 Å². The van der Waals surface area contributed by atoms with Gasteiger partial charge in [-0.25, -0.2) is 13.2 Å². The second kappa shape index (κ2) is 9.56. The summed E-state index contributed by atoms with van der Waals surface area (Å²) in [5.41, 5.74) is 0.866. The Morgan fingerprint density at radius 3 is 2.29 bits per heavy atom. The van der Waals surface area contributed by atoms with Crippen molar-refractivity contribution in [3.63, 3.8) is 0 Å². The van der Waals surface area contributed by atoms with Crippen LogP contribution in [-0.4, -0.2) is 44.6 Å². The lowest BCUT2D eigenvalue weighted by Crippen LogP contribution is -2.47. The highest BCUT2D eigenvalue weighted by atomic mass is 32.2. The molecule has 0 aliphatic carbocycles. The number of amides is 1. The van der Waals surface area contributed by atoms with Crippen molar-refractivity contribution in [2.24, 2.45) is 0 Å². The van der Waals surface area contributed by atoms with E-state index in [9.17, 15) is 28.1 Å². The molecule has 10 nitrogen and oxygen atoms in total. The van der Waals surface area contributed by atoms with Crippen LogP contribution in [0, 0.1) is 17.0 Å². The minimum atomic E-state index is -3.96. The van der Waals surface area contributed by atoms with Gasteiger partial charge in [0.2, 0.25) is 15.9 Å². The first-order valence-corrected chi connectivity index (χ1v) is 11.1. The number of nitrogens with one attached hydrogen (secondary N) is 1. The molecule has 0 spiro atoms. The number of sulfonamides is 1. The number of ether oxygens (including phenoxy) is 1. The van der Waals surface area contributed by atoms with Gasteiger partial charge in [-0.1, -0.05) is 13.0 Å². The second-order valence-corrected chi connectivity index (χ2v) is 8.63. The van der Waals surface area contributed by atoms with Gasteiger partial charge in [-0.05, 0) is 43.2 Å². The zero-order valence-corrected chi connectivity index (χ0v) is 18.3. The first-order chi connectivity index (χ1) is 14.5. The Hall–Kier alpha value is -3.47. The maximum Gasteiger partial charge on any atom is 0.337 e. The highest BCUT2D eigenvalue weighted by molar-refractivity contribution is 7.92. The van der Waals surface area contributed by atoms with Gasteiger partial charge in [-0.2, -0.15) is 0 Å². The van der Waals surface area contributed by atoms with Crippen molar-refractivity contribution in [1.82, 2.24) is 0 Å². The van der Waals surface area contributed by atoms with Crippen LogP contribution in [0.15, 0.2) is 42.5 Å². The molecule has 1 atom stereocenters. The summed E-state index contributed by atoms with van der Waals surface area (Å²) in [6.45, 7) is 3.24. The molecule has 31 heavy (non-hydrogen) atoms. The molecule has 2 rings (SSSR count). The van der Waals surface area contributed by atoms with E-state index in [2.05, 4.69) is 10.1 Å². The van der Waals surface area contributed by atoms with Gasteiger partial charge >= 0.3 is 5.97 Å². The molecular formula is C20H23N3O7S. The normalized spacial score (nSPS) is 12.0. The highest BCUT2D eigenvalue weighted by Gasteiger charge is 2.33. The third kappa shape index (κ3) is 5.57. The van der Waals surface area contributed by atoms with E-state index in [1.54, 1.807) is 13.8 Å². The van der Waals surface area contributed by atoms with Crippen molar-refractivity contribution in [2.75, 3.05) is 23.0 Å². The number of aryl methyl sites for hydroxylation is 1. The van der Waals surface area contributed by atoms with E-state index in [-0.39, 0.29) is 23.4 Å². The average Bonchev–Trinajstić information content (AvgIpc) is 2.71. The summed E-state index contributed by atoms with van der Waals surface area (Å²) in [6.07, 6.45) is 1.05. The maximum absolute atomic E-state index is 13.0. The molecule has 0 radical (unpaired) electrons. The van der Waals surface area contributed by atoms with Crippen molar-refractivity contribution in [1.29, 1.82) is 0 Å². The number of carbonyl (C=O) groups excluding carboxylic acids is 2. The molecule has 0 aliphatic rings. The highest BCUT2D eigenvalue weighted by Crippen LogP contribution is 2.30. The van der Waals surface area contributed by atoms with Gasteiger partial charge in [0.25, 0.3) is 5.69 Å². The number of nitrogens with zero attached hydrogens (tertiary/aromatic N) is 2.